The van der Waals surface area contributed by atoms with Gasteiger partial charge in [0.2, 0.25) is 5.91 Å². The molecule has 0 aliphatic heterocycles. The predicted molar refractivity (Wildman–Crippen MR) is 65.1 cm³/mol. The van der Waals surface area contributed by atoms with Gasteiger partial charge in [-0.2, -0.15) is 5.26 Å². The highest BCUT2D eigenvalue weighted by Crippen LogP contribution is 2.40. The first-order chi connectivity index (χ1) is 8.20. The van der Waals surface area contributed by atoms with E-state index in [0.29, 0.717) is 17.8 Å². The van der Waals surface area contributed by atoms with Crippen LogP contribution in [0.5, 0.6) is 0 Å². The fourth-order valence-corrected chi connectivity index (χ4v) is 2.02. The third-order valence-corrected chi connectivity index (χ3v) is 3.45. The molecule has 1 aromatic rings. The smallest absolute Gasteiger partial charge is 0.231 e. The van der Waals surface area contributed by atoms with E-state index >= 15 is 0 Å². The van der Waals surface area contributed by atoms with Crippen LogP contribution < -0.4 is 11.1 Å². The number of hydrogen-bond acceptors (Lipinski definition) is 3. The van der Waals surface area contributed by atoms with Crippen molar-refractivity contribution in [1.29, 1.82) is 5.26 Å². The number of nitriles is 1. The molecule has 2 rings (SSSR count). The largest absolute Gasteiger partial charge is 0.329 e. The minimum atomic E-state index is -0.367. The molecule has 1 amide bonds. The summed E-state index contributed by atoms with van der Waals surface area (Å²) < 4.78 is 0. The minimum Gasteiger partial charge on any atom is -0.329 e. The summed E-state index contributed by atoms with van der Waals surface area (Å²) in [4.78, 5) is 12.0. The van der Waals surface area contributed by atoms with Crippen molar-refractivity contribution in [2.75, 3.05) is 11.9 Å². The second-order valence-electron chi connectivity index (χ2n) is 4.48. The van der Waals surface area contributed by atoms with Gasteiger partial charge in [-0.15, -0.1) is 0 Å². The predicted octanol–water partition coefficient (Wildman–Crippen LogP) is 1.63. The number of hydrogen-bond donors (Lipinski definition) is 2. The number of anilines is 1. The third kappa shape index (κ3) is 2.15. The Kier molecular flexibility index (Phi) is 3.12. The van der Waals surface area contributed by atoms with Crippen LogP contribution in [0.3, 0.4) is 0 Å². The second-order valence-corrected chi connectivity index (χ2v) is 4.48. The number of carbonyl (C=O) groups excluding carboxylic acids is 1. The van der Waals surface area contributed by atoms with Gasteiger partial charge in [0.25, 0.3) is 0 Å². The number of nitrogens with two attached hydrogens (primary N) is 1. The van der Waals surface area contributed by atoms with Crippen molar-refractivity contribution in [1.82, 2.24) is 0 Å². The van der Waals surface area contributed by atoms with Gasteiger partial charge in [-0.3, -0.25) is 4.79 Å². The summed E-state index contributed by atoms with van der Waals surface area (Å²) in [7, 11) is 0. The van der Waals surface area contributed by atoms with Gasteiger partial charge in [0.05, 0.1) is 17.0 Å². The van der Waals surface area contributed by atoms with E-state index < -0.39 is 0 Å². The van der Waals surface area contributed by atoms with Crippen LogP contribution in [0, 0.1) is 16.7 Å². The molecule has 0 aromatic heterocycles. The molecule has 1 aliphatic carbocycles. The van der Waals surface area contributed by atoms with E-state index in [0.717, 1.165) is 19.3 Å². The Labute approximate surface area is 100 Å². The molecule has 4 heteroatoms. The fourth-order valence-electron chi connectivity index (χ4n) is 2.02. The molecule has 3 N–H and O–H groups in total. The molecule has 0 radical (unpaired) electrons. The van der Waals surface area contributed by atoms with Crippen LogP contribution in [-0.4, -0.2) is 12.5 Å². The average Bonchev–Trinajstić information content (AvgIpc) is 2.29. The van der Waals surface area contributed by atoms with Gasteiger partial charge in [-0.05, 0) is 37.1 Å². The van der Waals surface area contributed by atoms with E-state index in [1.54, 1.807) is 24.3 Å². The molecule has 0 bridgehead atoms. The van der Waals surface area contributed by atoms with Gasteiger partial charge in [0, 0.05) is 12.2 Å². The molecular weight excluding hydrogens is 214 g/mol. The Morgan fingerprint density at radius 3 is 2.47 bits per heavy atom. The summed E-state index contributed by atoms with van der Waals surface area (Å²) in [5, 5.41) is 11.5. The van der Waals surface area contributed by atoms with Crippen LogP contribution in [0.4, 0.5) is 5.69 Å². The monoisotopic (exact) mass is 229 g/mol. The SMILES string of the molecule is N#Cc1ccc(NC(=O)C2(CN)CCC2)cc1. The Bertz CT molecular complexity index is 449. The van der Waals surface area contributed by atoms with Crippen molar-refractivity contribution in [3.05, 3.63) is 29.8 Å². The summed E-state index contributed by atoms with van der Waals surface area (Å²) in [6.07, 6.45) is 2.80. The van der Waals surface area contributed by atoms with Crippen molar-refractivity contribution in [2.24, 2.45) is 11.1 Å². The molecule has 0 saturated heterocycles. The van der Waals surface area contributed by atoms with Gasteiger partial charge in [-0.1, -0.05) is 6.42 Å². The maximum Gasteiger partial charge on any atom is 0.231 e. The quantitative estimate of drug-likeness (QED) is 0.826. The van der Waals surface area contributed by atoms with Crippen molar-refractivity contribution in [2.45, 2.75) is 19.3 Å². The minimum absolute atomic E-state index is 0.00374. The first-order valence-electron chi connectivity index (χ1n) is 5.72. The Morgan fingerprint density at radius 1 is 1.41 bits per heavy atom. The Hall–Kier alpha value is -1.86. The lowest BCUT2D eigenvalue weighted by atomic mass is 9.68. The highest BCUT2D eigenvalue weighted by molar-refractivity contribution is 5.96. The van der Waals surface area contributed by atoms with Crippen LogP contribution in [0.2, 0.25) is 0 Å². The molecule has 1 saturated carbocycles. The summed E-state index contributed by atoms with van der Waals surface area (Å²) in [5.74, 6) is -0.00374. The van der Waals surface area contributed by atoms with Gasteiger partial charge in [0.15, 0.2) is 0 Å². The lowest BCUT2D eigenvalue weighted by molar-refractivity contribution is -0.129. The van der Waals surface area contributed by atoms with E-state index in [-0.39, 0.29) is 11.3 Å². The molecule has 1 aliphatic rings. The third-order valence-electron chi connectivity index (χ3n) is 3.45. The van der Waals surface area contributed by atoms with E-state index in [1.165, 1.54) is 0 Å². The van der Waals surface area contributed by atoms with Gasteiger partial charge in [0.1, 0.15) is 0 Å². The summed E-state index contributed by atoms with van der Waals surface area (Å²) in [6.45, 7) is 0.398. The van der Waals surface area contributed by atoms with E-state index in [9.17, 15) is 4.79 Å². The van der Waals surface area contributed by atoms with Crippen LogP contribution in [0.25, 0.3) is 0 Å². The Morgan fingerprint density at radius 2 is 2.06 bits per heavy atom. The number of carbonyl (C=O) groups is 1. The number of nitrogens with one attached hydrogen (secondary N) is 1. The second kappa shape index (κ2) is 4.56. The summed E-state index contributed by atoms with van der Waals surface area (Å²) >= 11 is 0. The zero-order chi connectivity index (χ0) is 12.3. The first kappa shape index (κ1) is 11.6. The van der Waals surface area contributed by atoms with Crippen molar-refractivity contribution < 1.29 is 4.79 Å². The highest BCUT2D eigenvalue weighted by atomic mass is 16.2. The van der Waals surface area contributed by atoms with E-state index in [4.69, 9.17) is 11.0 Å². The lowest BCUT2D eigenvalue weighted by Gasteiger charge is -2.39. The van der Waals surface area contributed by atoms with Gasteiger partial charge >= 0.3 is 0 Å². The van der Waals surface area contributed by atoms with Crippen molar-refractivity contribution in [3.8, 4) is 6.07 Å². The van der Waals surface area contributed by atoms with Crippen LogP contribution >= 0.6 is 0 Å². The summed E-state index contributed by atoms with van der Waals surface area (Å²) in [6, 6.07) is 8.88. The van der Waals surface area contributed by atoms with Crippen LogP contribution in [0.15, 0.2) is 24.3 Å². The van der Waals surface area contributed by atoms with E-state index in [1.807, 2.05) is 6.07 Å². The molecule has 88 valence electrons. The standard InChI is InChI=1S/C13H15N3O/c14-8-10-2-4-11(5-3-10)16-12(17)13(9-15)6-1-7-13/h2-5H,1,6-7,9,15H2,(H,16,17). The van der Waals surface area contributed by atoms with E-state index in [2.05, 4.69) is 5.32 Å². The molecule has 0 atom stereocenters. The molecule has 1 fully saturated rings. The maximum absolute atomic E-state index is 12.0. The maximum atomic E-state index is 12.0. The number of benzene rings is 1. The molecule has 17 heavy (non-hydrogen) atoms. The highest BCUT2D eigenvalue weighted by Gasteiger charge is 2.42. The Balaban J connectivity index is 2.05. The molecule has 0 heterocycles. The van der Waals surface area contributed by atoms with Crippen molar-refractivity contribution in [3.63, 3.8) is 0 Å². The molecule has 0 spiro atoms. The van der Waals surface area contributed by atoms with Gasteiger partial charge in [-0.25, -0.2) is 0 Å². The zero-order valence-electron chi connectivity index (χ0n) is 9.57. The normalized spacial score (nSPS) is 16.7. The summed E-state index contributed by atoms with van der Waals surface area (Å²) in [5.41, 5.74) is 6.60. The fraction of sp³-hybridized carbons (Fsp3) is 0.385. The number of nitrogens with zero attached hydrogens (tertiary/aromatic N) is 1. The molecule has 4 nitrogen and oxygen atoms in total. The number of amides is 1. The van der Waals surface area contributed by atoms with Crippen LogP contribution in [-0.2, 0) is 4.79 Å². The first-order valence-corrected chi connectivity index (χ1v) is 5.72. The van der Waals surface area contributed by atoms with Crippen LogP contribution in [0.1, 0.15) is 24.8 Å². The number of rotatable bonds is 3. The zero-order valence-corrected chi connectivity index (χ0v) is 9.57. The molecule has 1 aromatic carbocycles. The molecular formula is C13H15N3O. The van der Waals surface area contributed by atoms with Gasteiger partial charge < -0.3 is 11.1 Å². The average molecular weight is 229 g/mol. The van der Waals surface area contributed by atoms with Crippen molar-refractivity contribution >= 4 is 11.6 Å². The lowest BCUT2D eigenvalue weighted by Crippen LogP contribution is -2.47. The topological polar surface area (TPSA) is 78.9 Å². The molecule has 0 unspecified atom stereocenters.